The first kappa shape index (κ1) is 26.7. The highest BCUT2D eigenvalue weighted by Crippen LogP contribution is 2.23. The fourth-order valence-electron chi connectivity index (χ4n) is 4.32. The number of H-pyrrole nitrogens is 1. The maximum absolute atomic E-state index is 13.3. The Bertz CT molecular complexity index is 1730. The Morgan fingerprint density at radius 1 is 0.947 bits per heavy atom. The summed E-state index contributed by atoms with van der Waals surface area (Å²) in [4.78, 5) is 73.2. The molecule has 0 radical (unpaired) electrons. The van der Waals surface area contributed by atoms with Crippen LogP contribution in [0.25, 0.3) is 22.6 Å². The molecule has 1 amide bonds. The van der Waals surface area contributed by atoms with Crippen LogP contribution in [0.5, 0.6) is 0 Å². The topological polar surface area (TPSA) is 154 Å². The molecular formula is C26H31N7O5. The van der Waals surface area contributed by atoms with Crippen LogP contribution >= 0.6 is 0 Å². The molecule has 1 aromatic carbocycles. The lowest BCUT2D eigenvalue weighted by molar-refractivity contribution is -0.121. The van der Waals surface area contributed by atoms with E-state index in [1.807, 2.05) is 32.9 Å². The van der Waals surface area contributed by atoms with Gasteiger partial charge in [0.1, 0.15) is 6.54 Å². The number of carbonyl (C=O) groups excluding carboxylic acids is 1. The highest BCUT2D eigenvalue weighted by atomic mass is 16.2. The van der Waals surface area contributed by atoms with Gasteiger partial charge in [0.05, 0.1) is 11.0 Å². The third-order valence-corrected chi connectivity index (χ3v) is 6.61. The Morgan fingerprint density at radius 2 is 1.68 bits per heavy atom. The summed E-state index contributed by atoms with van der Waals surface area (Å²) in [6, 6.07) is 3.80. The van der Waals surface area contributed by atoms with Gasteiger partial charge in [0.2, 0.25) is 5.91 Å². The lowest BCUT2D eigenvalue weighted by Gasteiger charge is -2.19. The van der Waals surface area contributed by atoms with Crippen LogP contribution in [0.4, 0.5) is 0 Å². The third kappa shape index (κ3) is 5.34. The van der Waals surface area contributed by atoms with Gasteiger partial charge in [-0.1, -0.05) is 19.8 Å². The normalized spacial score (nSPS) is 11.4. The highest BCUT2D eigenvalue weighted by Gasteiger charge is 2.22. The smallest absolute Gasteiger partial charge is 0.352 e. The van der Waals surface area contributed by atoms with Gasteiger partial charge in [-0.2, -0.15) is 4.98 Å². The quantitative estimate of drug-likeness (QED) is 0.244. The molecule has 200 valence electrons. The second-order valence-electron chi connectivity index (χ2n) is 9.47. The minimum absolute atomic E-state index is 0.0958. The van der Waals surface area contributed by atoms with Crippen molar-refractivity contribution in [1.29, 1.82) is 0 Å². The summed E-state index contributed by atoms with van der Waals surface area (Å²) >= 11 is 0. The number of rotatable bonds is 9. The van der Waals surface area contributed by atoms with Gasteiger partial charge < -0.3 is 9.88 Å². The molecule has 0 saturated carbocycles. The maximum atomic E-state index is 13.3. The fourth-order valence-corrected chi connectivity index (χ4v) is 4.32. The molecule has 0 atom stereocenters. The van der Waals surface area contributed by atoms with E-state index in [1.54, 1.807) is 11.5 Å². The summed E-state index contributed by atoms with van der Waals surface area (Å²) in [7, 11) is 0. The summed E-state index contributed by atoms with van der Waals surface area (Å²) in [6.45, 7) is 7.83. The van der Waals surface area contributed by atoms with Crippen molar-refractivity contribution in [2.24, 2.45) is 0 Å². The van der Waals surface area contributed by atoms with Crippen molar-refractivity contribution in [2.45, 2.75) is 66.6 Å². The Hall–Kier alpha value is -4.35. The number of aromatic nitrogens is 6. The standard InChI is InChI=1S/C26H31N7O5/c1-5-6-7-9-33-24(36)21-22(29-26(33)38)32(19-12-16(3)15(2)11-18(19)28-21)10-8-27-20(34)14-31-13-17(4)23(35)30-25(31)37/h11-13H,5-10,14H2,1-4H3,(H,27,34)(H,30,35,37). The van der Waals surface area contributed by atoms with Crippen LogP contribution in [0, 0.1) is 20.8 Å². The highest BCUT2D eigenvalue weighted by molar-refractivity contribution is 5.81. The zero-order valence-corrected chi connectivity index (χ0v) is 22.0. The number of hydrogen-bond acceptors (Lipinski definition) is 7. The predicted molar refractivity (Wildman–Crippen MR) is 143 cm³/mol. The number of hydrogen-bond donors (Lipinski definition) is 2. The van der Waals surface area contributed by atoms with Crippen molar-refractivity contribution in [3.63, 3.8) is 0 Å². The van der Waals surface area contributed by atoms with Crippen molar-refractivity contribution < 1.29 is 4.79 Å². The molecule has 0 unspecified atom stereocenters. The molecule has 0 saturated heterocycles. The lowest BCUT2D eigenvalue weighted by atomic mass is 10.1. The molecule has 0 bridgehead atoms. The lowest BCUT2D eigenvalue weighted by Crippen LogP contribution is -2.39. The second-order valence-corrected chi connectivity index (χ2v) is 9.47. The van der Waals surface area contributed by atoms with Crippen LogP contribution in [0.3, 0.4) is 0 Å². The Balaban J connectivity index is 1.68. The number of unbranched alkanes of at least 4 members (excludes halogenated alkanes) is 2. The number of benzene rings is 1. The van der Waals surface area contributed by atoms with Gasteiger partial charge in [-0.3, -0.25) is 28.5 Å². The maximum Gasteiger partial charge on any atom is 0.352 e. The SMILES string of the molecule is CCCCCn1c(=O)nc2n(CCNC(=O)Cn3cc(C)c(=O)[nH]c3=O)c3cc(C)c(C)cc3nc-2c1=O. The number of nitrogens with one attached hydrogen (secondary N) is 2. The minimum atomic E-state index is -0.676. The molecule has 1 aromatic heterocycles. The first-order valence-electron chi connectivity index (χ1n) is 12.6. The van der Waals surface area contributed by atoms with E-state index < -0.39 is 28.4 Å². The minimum Gasteiger partial charge on any atom is -0.353 e. The van der Waals surface area contributed by atoms with Crippen LogP contribution in [0.2, 0.25) is 0 Å². The first-order chi connectivity index (χ1) is 18.1. The molecule has 38 heavy (non-hydrogen) atoms. The monoisotopic (exact) mass is 521 g/mol. The van der Waals surface area contributed by atoms with Crippen molar-refractivity contribution >= 4 is 16.9 Å². The largest absolute Gasteiger partial charge is 0.353 e. The summed E-state index contributed by atoms with van der Waals surface area (Å²) in [5.41, 5.74) is 1.38. The van der Waals surface area contributed by atoms with E-state index in [-0.39, 0.29) is 37.7 Å². The molecule has 2 aliphatic heterocycles. The van der Waals surface area contributed by atoms with Crippen molar-refractivity contribution in [3.05, 3.63) is 76.7 Å². The number of aryl methyl sites for hydroxylation is 3. The number of amides is 1. The van der Waals surface area contributed by atoms with Gasteiger partial charge in [0.15, 0.2) is 11.5 Å². The number of nitrogens with zero attached hydrogens (tertiary/aromatic N) is 5. The van der Waals surface area contributed by atoms with Gasteiger partial charge in [-0.15, -0.1) is 0 Å². The van der Waals surface area contributed by atoms with Crippen LogP contribution < -0.4 is 27.8 Å². The Labute approximate surface area is 217 Å². The molecule has 12 heteroatoms. The van der Waals surface area contributed by atoms with Crippen LogP contribution in [-0.4, -0.2) is 41.1 Å². The molecule has 0 spiro atoms. The van der Waals surface area contributed by atoms with E-state index in [2.05, 4.69) is 20.3 Å². The molecule has 0 fully saturated rings. The molecule has 12 nitrogen and oxygen atoms in total. The first-order valence-corrected chi connectivity index (χ1v) is 12.6. The molecule has 4 rings (SSSR count). The van der Waals surface area contributed by atoms with E-state index in [9.17, 15) is 24.0 Å². The number of aromatic amines is 1. The Morgan fingerprint density at radius 3 is 2.42 bits per heavy atom. The van der Waals surface area contributed by atoms with Crippen molar-refractivity contribution in [1.82, 2.24) is 34.0 Å². The van der Waals surface area contributed by atoms with Crippen molar-refractivity contribution in [3.8, 4) is 11.5 Å². The number of carbonyl (C=O) groups is 1. The zero-order chi connectivity index (χ0) is 27.6. The zero-order valence-electron chi connectivity index (χ0n) is 22.0. The molecule has 3 heterocycles. The second kappa shape index (κ2) is 11.0. The molecule has 0 aliphatic carbocycles. The summed E-state index contributed by atoms with van der Waals surface area (Å²) in [6.07, 6.45) is 3.86. The summed E-state index contributed by atoms with van der Waals surface area (Å²) < 4.78 is 3.97. The van der Waals surface area contributed by atoms with Crippen LogP contribution in [-0.2, 0) is 24.4 Å². The average molecular weight is 522 g/mol. The molecule has 2 N–H and O–H groups in total. The summed E-state index contributed by atoms with van der Waals surface area (Å²) in [5.74, 6) is -0.284. The van der Waals surface area contributed by atoms with E-state index in [0.29, 0.717) is 23.0 Å². The average Bonchev–Trinajstić information content (AvgIpc) is 2.86. The molecule has 2 aromatic rings. The van der Waals surface area contributed by atoms with Crippen molar-refractivity contribution in [2.75, 3.05) is 6.54 Å². The third-order valence-electron chi connectivity index (χ3n) is 6.61. The van der Waals surface area contributed by atoms with E-state index in [1.165, 1.54) is 6.20 Å². The van der Waals surface area contributed by atoms with Gasteiger partial charge in [-0.05, 0) is 50.5 Å². The van der Waals surface area contributed by atoms with Gasteiger partial charge in [0, 0.05) is 31.4 Å². The molecular weight excluding hydrogens is 490 g/mol. The van der Waals surface area contributed by atoms with Gasteiger partial charge in [-0.25, -0.2) is 14.6 Å². The van der Waals surface area contributed by atoms with Gasteiger partial charge >= 0.3 is 11.4 Å². The molecule has 2 aliphatic rings. The number of fused-ring (bicyclic) bond motifs is 2. The van der Waals surface area contributed by atoms with E-state index in [0.717, 1.165) is 33.1 Å². The van der Waals surface area contributed by atoms with E-state index >= 15 is 0 Å². The van der Waals surface area contributed by atoms with Crippen LogP contribution in [0.1, 0.15) is 42.9 Å². The Kier molecular flexibility index (Phi) is 7.70. The summed E-state index contributed by atoms with van der Waals surface area (Å²) in [5, 5.41) is 2.75. The van der Waals surface area contributed by atoms with E-state index in [4.69, 9.17) is 0 Å². The van der Waals surface area contributed by atoms with Crippen LogP contribution in [0.15, 0.2) is 37.5 Å². The fraction of sp³-hybridized carbons (Fsp3) is 0.423. The van der Waals surface area contributed by atoms with Gasteiger partial charge in [0.25, 0.3) is 11.1 Å². The predicted octanol–water partition coefficient (Wildman–Crippen LogP) is 0.840.